The molecule has 0 aliphatic rings. The quantitative estimate of drug-likeness (QED) is 0.297. The van der Waals surface area contributed by atoms with E-state index in [9.17, 15) is 19.1 Å². The number of nitrogens with one attached hydrogen (secondary N) is 1. The predicted octanol–water partition coefficient (Wildman–Crippen LogP) is 5.87. The van der Waals surface area contributed by atoms with Crippen molar-refractivity contribution in [1.82, 2.24) is 0 Å². The first-order valence-corrected chi connectivity index (χ1v) is 12.9. The third kappa shape index (κ3) is 9.28. The van der Waals surface area contributed by atoms with Crippen LogP contribution in [0.25, 0.3) is 0 Å². The van der Waals surface area contributed by atoms with Crippen molar-refractivity contribution in [2.45, 2.75) is 53.4 Å². The predicted molar refractivity (Wildman–Crippen MR) is 145 cm³/mol. The van der Waals surface area contributed by atoms with Gasteiger partial charge in [-0.05, 0) is 48.1 Å². The van der Waals surface area contributed by atoms with Gasteiger partial charge in [0, 0.05) is 32.2 Å². The molecule has 0 bridgehead atoms. The van der Waals surface area contributed by atoms with E-state index in [0.717, 1.165) is 0 Å². The molecule has 210 valence electrons. The molecule has 38 heavy (non-hydrogen) atoms. The zero-order chi connectivity index (χ0) is 28.4. The molecule has 2 aromatic carbocycles. The lowest BCUT2D eigenvalue weighted by Gasteiger charge is -2.31. The van der Waals surface area contributed by atoms with E-state index >= 15 is 4.39 Å². The number of hydrogen-bond acceptors (Lipinski definition) is 5. The summed E-state index contributed by atoms with van der Waals surface area (Å²) in [5.41, 5.74) is 1.01. The van der Waals surface area contributed by atoms with Crippen LogP contribution in [-0.2, 0) is 20.7 Å². The molecule has 0 aromatic heterocycles. The zero-order valence-electron chi connectivity index (χ0n) is 23.1. The topological polar surface area (TPSA) is 88.1 Å². The molecule has 1 atom stereocenters. The minimum absolute atomic E-state index is 0.0670. The molecule has 2 rings (SSSR count). The van der Waals surface area contributed by atoms with Gasteiger partial charge in [-0.2, -0.15) is 0 Å². The summed E-state index contributed by atoms with van der Waals surface area (Å²) in [5.74, 6) is -2.55. The first-order chi connectivity index (χ1) is 17.9. The van der Waals surface area contributed by atoms with Crippen LogP contribution >= 0.6 is 0 Å². The van der Waals surface area contributed by atoms with Gasteiger partial charge >= 0.3 is 5.97 Å². The van der Waals surface area contributed by atoms with E-state index in [-0.39, 0.29) is 48.2 Å². The number of aliphatic carboxylic acids is 1. The van der Waals surface area contributed by atoms with Crippen LogP contribution in [0.3, 0.4) is 0 Å². The van der Waals surface area contributed by atoms with Crippen molar-refractivity contribution >= 4 is 23.3 Å². The zero-order valence-corrected chi connectivity index (χ0v) is 23.1. The minimum Gasteiger partial charge on any atom is -0.494 e. The van der Waals surface area contributed by atoms with Crippen LogP contribution in [0.4, 0.5) is 20.2 Å². The van der Waals surface area contributed by atoms with Gasteiger partial charge in [0.15, 0.2) is 0 Å². The smallest absolute Gasteiger partial charge is 0.304 e. The van der Waals surface area contributed by atoms with E-state index in [2.05, 4.69) is 5.32 Å². The Morgan fingerprint density at radius 2 is 1.68 bits per heavy atom. The average Bonchev–Trinajstić information content (AvgIpc) is 2.79. The number of benzene rings is 2. The molecule has 0 heterocycles. The summed E-state index contributed by atoms with van der Waals surface area (Å²) in [6.45, 7) is 11.4. The van der Waals surface area contributed by atoms with Gasteiger partial charge in [-0.1, -0.05) is 33.8 Å². The Kier molecular flexibility index (Phi) is 12.0. The van der Waals surface area contributed by atoms with Gasteiger partial charge in [0.25, 0.3) is 0 Å². The molecule has 1 amide bonds. The van der Waals surface area contributed by atoms with E-state index in [1.807, 2.05) is 32.6 Å². The van der Waals surface area contributed by atoms with E-state index in [1.54, 1.807) is 19.1 Å². The van der Waals surface area contributed by atoms with E-state index in [0.29, 0.717) is 31.0 Å². The lowest BCUT2D eigenvalue weighted by molar-refractivity contribution is -0.137. The van der Waals surface area contributed by atoms with Crippen LogP contribution < -0.4 is 15.0 Å². The second-order valence-electron chi connectivity index (χ2n) is 10.3. The second-order valence-corrected chi connectivity index (χ2v) is 10.3. The lowest BCUT2D eigenvalue weighted by atomic mass is 9.94. The van der Waals surface area contributed by atoms with Crippen molar-refractivity contribution in [3.63, 3.8) is 0 Å². The second kappa shape index (κ2) is 14.7. The largest absolute Gasteiger partial charge is 0.494 e. The number of carbonyl (C=O) groups excluding carboxylic acids is 1. The Balaban J connectivity index is 2.52. The maximum absolute atomic E-state index is 15.8. The van der Waals surface area contributed by atoms with Gasteiger partial charge in [0.2, 0.25) is 5.91 Å². The molecule has 0 radical (unpaired) electrons. The van der Waals surface area contributed by atoms with Crippen molar-refractivity contribution in [1.29, 1.82) is 0 Å². The monoisotopic (exact) mass is 534 g/mol. The molecule has 0 aliphatic heterocycles. The van der Waals surface area contributed by atoms with Crippen molar-refractivity contribution in [3.05, 3.63) is 53.1 Å². The fraction of sp³-hybridized carbons (Fsp3) is 0.517. The Hall–Kier alpha value is -3.20. The van der Waals surface area contributed by atoms with Gasteiger partial charge in [-0.15, -0.1) is 0 Å². The van der Waals surface area contributed by atoms with E-state index in [1.165, 1.54) is 25.3 Å². The number of halogens is 2. The number of carboxylic acid groups (broad SMARTS) is 1. The number of carbonyl (C=O) groups is 2. The molecular weight excluding hydrogens is 494 g/mol. The first-order valence-electron chi connectivity index (χ1n) is 12.9. The Labute approximate surface area is 224 Å². The van der Waals surface area contributed by atoms with Crippen LogP contribution in [0, 0.1) is 23.5 Å². The Morgan fingerprint density at radius 3 is 2.21 bits per heavy atom. The summed E-state index contributed by atoms with van der Waals surface area (Å²) < 4.78 is 40.9. The molecular formula is C29H40F2N2O5. The molecule has 1 unspecified atom stereocenters. The number of amides is 1. The van der Waals surface area contributed by atoms with Gasteiger partial charge in [-0.3, -0.25) is 9.59 Å². The molecule has 0 spiro atoms. The molecule has 2 aromatic rings. The van der Waals surface area contributed by atoms with Crippen molar-refractivity contribution in [3.8, 4) is 5.75 Å². The van der Waals surface area contributed by atoms with Crippen LogP contribution in [0.15, 0.2) is 30.3 Å². The summed E-state index contributed by atoms with van der Waals surface area (Å²) in [5, 5.41) is 12.1. The van der Waals surface area contributed by atoms with Crippen molar-refractivity contribution in [2.24, 2.45) is 11.8 Å². The van der Waals surface area contributed by atoms with Crippen LogP contribution in [0.5, 0.6) is 5.75 Å². The van der Waals surface area contributed by atoms with Gasteiger partial charge in [0.05, 0.1) is 37.4 Å². The summed E-state index contributed by atoms with van der Waals surface area (Å²) in [6, 6.07) is 7.23. The number of rotatable bonds is 15. The molecule has 0 saturated carbocycles. The summed E-state index contributed by atoms with van der Waals surface area (Å²) in [6.07, 6.45) is -0.534. The summed E-state index contributed by atoms with van der Waals surface area (Å²) in [7, 11) is 1.45. The summed E-state index contributed by atoms with van der Waals surface area (Å²) >= 11 is 0. The van der Waals surface area contributed by atoms with E-state index in [4.69, 9.17) is 9.47 Å². The molecule has 0 fully saturated rings. The third-order valence-corrected chi connectivity index (χ3v) is 5.79. The van der Waals surface area contributed by atoms with Crippen molar-refractivity contribution < 1.29 is 33.0 Å². The Bertz CT molecular complexity index is 1080. The lowest BCUT2D eigenvalue weighted by Crippen LogP contribution is -2.33. The van der Waals surface area contributed by atoms with Crippen LogP contribution in [0.2, 0.25) is 0 Å². The fourth-order valence-corrected chi connectivity index (χ4v) is 4.39. The molecule has 0 aliphatic carbocycles. The third-order valence-electron chi connectivity index (χ3n) is 5.79. The number of anilines is 2. The standard InChI is InChI=1S/C29H40F2N2O5/c1-7-38-23-9-8-20(24(30)14-23)12-27(34)32-26-11-21(22(17-37-6)13-28(35)36)10-25(31)29(26)33(15-18(2)3)16-19(4)5/h8-11,14,18-19,22H,7,12-13,15-17H2,1-6H3,(H,32,34)(H,35,36). The normalized spacial score (nSPS) is 12.1. The minimum atomic E-state index is -1.05. The number of nitrogens with zero attached hydrogens (tertiary/aromatic N) is 1. The number of ether oxygens (including phenoxy) is 2. The first kappa shape index (κ1) is 31.0. The van der Waals surface area contributed by atoms with Crippen LogP contribution in [0.1, 0.15) is 58.1 Å². The number of methoxy groups -OCH3 is 1. The maximum atomic E-state index is 15.8. The van der Waals surface area contributed by atoms with E-state index < -0.39 is 29.4 Å². The van der Waals surface area contributed by atoms with Gasteiger partial charge in [0.1, 0.15) is 17.4 Å². The molecule has 7 nitrogen and oxygen atoms in total. The number of hydrogen-bond donors (Lipinski definition) is 2. The highest BCUT2D eigenvalue weighted by Gasteiger charge is 2.25. The van der Waals surface area contributed by atoms with Crippen molar-refractivity contribution in [2.75, 3.05) is 43.6 Å². The molecule has 2 N–H and O–H groups in total. The Morgan fingerprint density at radius 1 is 1.03 bits per heavy atom. The fourth-order valence-electron chi connectivity index (χ4n) is 4.39. The number of carboxylic acids is 1. The average molecular weight is 535 g/mol. The molecule has 9 heteroatoms. The van der Waals surface area contributed by atoms with Crippen LogP contribution in [-0.4, -0.2) is 50.4 Å². The highest BCUT2D eigenvalue weighted by Crippen LogP contribution is 2.35. The van der Waals surface area contributed by atoms with Gasteiger partial charge in [-0.25, -0.2) is 8.78 Å². The van der Waals surface area contributed by atoms with Gasteiger partial charge < -0.3 is 24.8 Å². The highest BCUT2D eigenvalue weighted by molar-refractivity contribution is 5.96. The molecule has 0 saturated heterocycles. The SMILES string of the molecule is CCOc1ccc(CC(=O)Nc2cc(C(COC)CC(=O)O)cc(F)c2N(CC(C)C)CC(C)C)c(F)c1. The highest BCUT2D eigenvalue weighted by atomic mass is 19.1. The summed E-state index contributed by atoms with van der Waals surface area (Å²) in [4.78, 5) is 26.4. The maximum Gasteiger partial charge on any atom is 0.304 e.